The van der Waals surface area contributed by atoms with Crippen LogP contribution in [0.5, 0.6) is 0 Å². The highest BCUT2D eigenvalue weighted by atomic mass is 19.4. The Hall–Kier alpha value is -1.80. The standard InChI is InChI=1S/C21H33F3N4O/c1-17(18-6-5-7-19(16-18)21(22,23)24)8-10-27-20(25-2)26-9-3-4-11-28-12-14-29-15-13-28/h5-7,16-17H,3-4,8-15H2,1-2H3,(H2,25,26,27). The minimum absolute atomic E-state index is 0.0245. The van der Waals surface area contributed by atoms with Crippen LogP contribution in [0.25, 0.3) is 0 Å². The van der Waals surface area contributed by atoms with Gasteiger partial charge in [0.2, 0.25) is 0 Å². The van der Waals surface area contributed by atoms with E-state index in [-0.39, 0.29) is 5.92 Å². The fourth-order valence-electron chi connectivity index (χ4n) is 3.31. The largest absolute Gasteiger partial charge is 0.416 e. The molecular weight excluding hydrogens is 381 g/mol. The van der Waals surface area contributed by atoms with Crippen LogP contribution in [0.1, 0.15) is 43.2 Å². The number of nitrogens with zero attached hydrogens (tertiary/aromatic N) is 2. The molecule has 1 aliphatic heterocycles. The summed E-state index contributed by atoms with van der Waals surface area (Å²) in [6, 6.07) is 5.58. The number of nitrogens with one attached hydrogen (secondary N) is 2. The Morgan fingerprint density at radius 1 is 1.17 bits per heavy atom. The van der Waals surface area contributed by atoms with Gasteiger partial charge >= 0.3 is 6.18 Å². The quantitative estimate of drug-likeness (QED) is 0.369. The van der Waals surface area contributed by atoms with Crippen molar-refractivity contribution in [2.45, 2.75) is 38.3 Å². The predicted octanol–water partition coefficient (Wildman–Crippen LogP) is 3.48. The minimum Gasteiger partial charge on any atom is -0.379 e. The van der Waals surface area contributed by atoms with Crippen LogP contribution in [0.2, 0.25) is 0 Å². The van der Waals surface area contributed by atoms with Crippen molar-refractivity contribution in [3.05, 3.63) is 35.4 Å². The molecule has 29 heavy (non-hydrogen) atoms. The number of hydrogen-bond acceptors (Lipinski definition) is 3. The Morgan fingerprint density at radius 3 is 2.59 bits per heavy atom. The van der Waals surface area contributed by atoms with E-state index in [9.17, 15) is 13.2 Å². The van der Waals surface area contributed by atoms with E-state index in [1.165, 1.54) is 12.1 Å². The maximum Gasteiger partial charge on any atom is 0.416 e. The Bertz CT molecular complexity index is 631. The van der Waals surface area contributed by atoms with Crippen LogP contribution in [0, 0.1) is 0 Å². The van der Waals surface area contributed by atoms with Gasteiger partial charge in [-0.3, -0.25) is 9.89 Å². The van der Waals surface area contributed by atoms with E-state index in [2.05, 4.69) is 20.5 Å². The summed E-state index contributed by atoms with van der Waals surface area (Å²) < 4.78 is 44.0. The Labute approximate surface area is 171 Å². The van der Waals surface area contributed by atoms with Crippen LogP contribution >= 0.6 is 0 Å². The number of hydrogen-bond donors (Lipinski definition) is 2. The maximum absolute atomic E-state index is 12.9. The first-order valence-corrected chi connectivity index (χ1v) is 10.3. The van der Waals surface area contributed by atoms with Gasteiger partial charge in [-0.15, -0.1) is 0 Å². The van der Waals surface area contributed by atoms with Gasteiger partial charge in [0, 0.05) is 33.2 Å². The molecule has 0 saturated carbocycles. The van der Waals surface area contributed by atoms with Crippen molar-refractivity contribution in [1.82, 2.24) is 15.5 Å². The van der Waals surface area contributed by atoms with E-state index >= 15 is 0 Å². The van der Waals surface area contributed by atoms with E-state index in [4.69, 9.17) is 4.74 Å². The third-order valence-electron chi connectivity index (χ3n) is 5.17. The monoisotopic (exact) mass is 414 g/mol. The first-order chi connectivity index (χ1) is 13.9. The molecule has 2 rings (SSSR count). The fourth-order valence-corrected chi connectivity index (χ4v) is 3.31. The molecule has 2 N–H and O–H groups in total. The van der Waals surface area contributed by atoms with E-state index in [0.29, 0.717) is 12.1 Å². The summed E-state index contributed by atoms with van der Waals surface area (Å²) in [6.07, 6.45) is -1.41. The van der Waals surface area contributed by atoms with Gasteiger partial charge in [0.25, 0.3) is 0 Å². The third-order valence-corrected chi connectivity index (χ3v) is 5.17. The smallest absolute Gasteiger partial charge is 0.379 e. The van der Waals surface area contributed by atoms with E-state index in [1.54, 1.807) is 13.1 Å². The van der Waals surface area contributed by atoms with Crippen LogP contribution in [-0.4, -0.2) is 63.8 Å². The van der Waals surface area contributed by atoms with Gasteiger partial charge in [-0.05, 0) is 43.4 Å². The molecule has 1 aromatic rings. The summed E-state index contributed by atoms with van der Waals surface area (Å²) in [6.45, 7) is 8.20. The molecule has 0 bridgehead atoms. The number of rotatable bonds is 9. The molecule has 1 unspecified atom stereocenters. The van der Waals surface area contributed by atoms with Gasteiger partial charge in [0.05, 0.1) is 18.8 Å². The highest BCUT2D eigenvalue weighted by Gasteiger charge is 2.30. The molecule has 1 aliphatic rings. The number of morpholine rings is 1. The first kappa shape index (κ1) is 23.5. The SMILES string of the molecule is CN=C(NCCCCN1CCOCC1)NCCC(C)c1cccc(C(F)(F)F)c1. The molecule has 0 spiro atoms. The zero-order valence-corrected chi connectivity index (χ0v) is 17.4. The van der Waals surface area contributed by atoms with E-state index in [0.717, 1.165) is 70.7 Å². The lowest BCUT2D eigenvalue weighted by Crippen LogP contribution is -2.39. The zero-order valence-electron chi connectivity index (χ0n) is 17.4. The minimum atomic E-state index is -4.30. The summed E-state index contributed by atoms with van der Waals surface area (Å²) in [4.78, 5) is 6.63. The second-order valence-electron chi connectivity index (χ2n) is 7.40. The number of halogens is 3. The number of ether oxygens (including phenoxy) is 1. The number of aliphatic imine (C=N–C) groups is 1. The van der Waals surface area contributed by atoms with Crippen LogP contribution in [0.4, 0.5) is 13.2 Å². The summed E-state index contributed by atoms with van der Waals surface area (Å²) in [7, 11) is 1.72. The lowest BCUT2D eigenvalue weighted by molar-refractivity contribution is -0.137. The number of guanidine groups is 1. The summed E-state index contributed by atoms with van der Waals surface area (Å²) in [5.41, 5.74) is 0.108. The number of benzene rings is 1. The molecule has 1 saturated heterocycles. The summed E-state index contributed by atoms with van der Waals surface area (Å²) in [5.74, 6) is 0.754. The first-order valence-electron chi connectivity index (χ1n) is 10.3. The van der Waals surface area contributed by atoms with Crippen LogP contribution in [-0.2, 0) is 10.9 Å². The van der Waals surface area contributed by atoms with Gasteiger partial charge < -0.3 is 15.4 Å². The number of unbranched alkanes of at least 4 members (excludes halogenated alkanes) is 1. The Kier molecular flexibility index (Phi) is 9.73. The summed E-state index contributed by atoms with van der Waals surface area (Å²) >= 11 is 0. The van der Waals surface area contributed by atoms with Crippen molar-refractivity contribution in [2.24, 2.45) is 4.99 Å². The van der Waals surface area contributed by atoms with Gasteiger partial charge in [-0.2, -0.15) is 13.2 Å². The molecule has 1 atom stereocenters. The van der Waals surface area contributed by atoms with Crippen LogP contribution in [0.3, 0.4) is 0 Å². The van der Waals surface area contributed by atoms with Crippen molar-refractivity contribution >= 4 is 5.96 Å². The fraction of sp³-hybridized carbons (Fsp3) is 0.667. The van der Waals surface area contributed by atoms with E-state index in [1.807, 2.05) is 6.92 Å². The highest BCUT2D eigenvalue weighted by Crippen LogP contribution is 2.31. The average Bonchev–Trinajstić information content (AvgIpc) is 2.72. The Balaban J connectivity index is 1.63. The van der Waals surface area contributed by atoms with Crippen molar-refractivity contribution in [2.75, 3.05) is 53.0 Å². The maximum atomic E-state index is 12.9. The highest BCUT2D eigenvalue weighted by molar-refractivity contribution is 5.79. The second kappa shape index (κ2) is 12.0. The molecule has 8 heteroatoms. The van der Waals surface area contributed by atoms with Gasteiger partial charge in [0.1, 0.15) is 0 Å². The molecule has 0 aromatic heterocycles. The average molecular weight is 415 g/mol. The zero-order chi connectivity index (χ0) is 21.1. The normalized spacial score (nSPS) is 17.2. The lowest BCUT2D eigenvalue weighted by Gasteiger charge is -2.26. The second-order valence-corrected chi connectivity index (χ2v) is 7.40. The molecule has 0 aliphatic carbocycles. The lowest BCUT2D eigenvalue weighted by atomic mass is 9.96. The van der Waals surface area contributed by atoms with Gasteiger partial charge in [-0.25, -0.2) is 0 Å². The van der Waals surface area contributed by atoms with E-state index < -0.39 is 11.7 Å². The van der Waals surface area contributed by atoms with Crippen LogP contribution in [0.15, 0.2) is 29.3 Å². The third kappa shape index (κ3) is 8.62. The summed E-state index contributed by atoms with van der Waals surface area (Å²) in [5, 5.41) is 6.54. The van der Waals surface area contributed by atoms with Crippen molar-refractivity contribution in [3.63, 3.8) is 0 Å². The van der Waals surface area contributed by atoms with Crippen molar-refractivity contribution < 1.29 is 17.9 Å². The topological polar surface area (TPSA) is 48.9 Å². The molecule has 1 aromatic carbocycles. The van der Waals surface area contributed by atoms with Crippen molar-refractivity contribution in [3.8, 4) is 0 Å². The predicted molar refractivity (Wildman–Crippen MR) is 110 cm³/mol. The molecule has 164 valence electrons. The van der Waals surface area contributed by atoms with Crippen LogP contribution < -0.4 is 10.6 Å². The van der Waals surface area contributed by atoms with Gasteiger partial charge in [0.15, 0.2) is 5.96 Å². The molecule has 1 fully saturated rings. The van der Waals surface area contributed by atoms with Crippen molar-refractivity contribution in [1.29, 1.82) is 0 Å². The number of alkyl halides is 3. The molecule has 1 heterocycles. The van der Waals surface area contributed by atoms with Gasteiger partial charge in [-0.1, -0.05) is 25.1 Å². The molecular formula is C21H33F3N4O. The molecule has 0 radical (unpaired) electrons. The Morgan fingerprint density at radius 2 is 1.90 bits per heavy atom. The molecule has 5 nitrogen and oxygen atoms in total. The molecule has 0 amide bonds.